The van der Waals surface area contributed by atoms with E-state index in [4.69, 9.17) is 0 Å². The van der Waals surface area contributed by atoms with Gasteiger partial charge in [-0.05, 0) is 51.9 Å². The lowest BCUT2D eigenvalue weighted by Crippen LogP contribution is -2.36. The fourth-order valence-corrected chi connectivity index (χ4v) is 2.84. The maximum atomic E-state index is 13.0. The van der Waals surface area contributed by atoms with Gasteiger partial charge in [-0.3, -0.25) is 0 Å². The lowest BCUT2D eigenvalue weighted by atomic mass is 10.1. The lowest BCUT2D eigenvalue weighted by Gasteiger charge is -2.20. The van der Waals surface area contributed by atoms with Gasteiger partial charge < -0.3 is 5.32 Å². The third-order valence-corrected chi connectivity index (χ3v) is 4.20. The van der Waals surface area contributed by atoms with Gasteiger partial charge in [0, 0.05) is 5.54 Å². The zero-order valence-corrected chi connectivity index (χ0v) is 11.8. The summed E-state index contributed by atoms with van der Waals surface area (Å²) in [5, 5.41) is 3.22. The SMILES string of the molecule is CC(C)(C)NCCCS(=O)(=O)c1cccc(F)c1. The summed E-state index contributed by atoms with van der Waals surface area (Å²) in [5.41, 5.74) is -0.0252. The Morgan fingerprint density at radius 3 is 2.50 bits per heavy atom. The Hall–Kier alpha value is -0.940. The smallest absolute Gasteiger partial charge is 0.178 e. The van der Waals surface area contributed by atoms with Crippen molar-refractivity contribution in [3.8, 4) is 0 Å². The van der Waals surface area contributed by atoms with Crippen LogP contribution in [0.2, 0.25) is 0 Å². The second kappa shape index (κ2) is 5.80. The molecule has 0 aliphatic rings. The van der Waals surface area contributed by atoms with E-state index in [-0.39, 0.29) is 16.2 Å². The summed E-state index contributed by atoms with van der Waals surface area (Å²) < 4.78 is 36.8. The van der Waals surface area contributed by atoms with Crippen LogP contribution in [-0.2, 0) is 9.84 Å². The van der Waals surface area contributed by atoms with Crippen LogP contribution in [0.4, 0.5) is 4.39 Å². The largest absolute Gasteiger partial charge is 0.312 e. The molecule has 0 aliphatic carbocycles. The van der Waals surface area contributed by atoms with Gasteiger partial charge in [0.05, 0.1) is 10.6 Å². The molecule has 0 bridgehead atoms. The van der Waals surface area contributed by atoms with Crippen molar-refractivity contribution >= 4 is 9.84 Å². The van der Waals surface area contributed by atoms with Crippen LogP contribution >= 0.6 is 0 Å². The van der Waals surface area contributed by atoms with Gasteiger partial charge in [0.2, 0.25) is 0 Å². The number of hydrogen-bond donors (Lipinski definition) is 1. The van der Waals surface area contributed by atoms with Crippen molar-refractivity contribution in [1.29, 1.82) is 0 Å². The highest BCUT2D eigenvalue weighted by molar-refractivity contribution is 7.91. The van der Waals surface area contributed by atoms with E-state index in [0.717, 1.165) is 6.07 Å². The second-order valence-electron chi connectivity index (χ2n) is 5.31. The molecule has 102 valence electrons. The minimum Gasteiger partial charge on any atom is -0.312 e. The van der Waals surface area contributed by atoms with Gasteiger partial charge in [0.1, 0.15) is 5.82 Å². The van der Waals surface area contributed by atoms with E-state index in [1.165, 1.54) is 18.2 Å². The van der Waals surface area contributed by atoms with Crippen LogP contribution in [0.25, 0.3) is 0 Å². The van der Waals surface area contributed by atoms with E-state index < -0.39 is 15.7 Å². The highest BCUT2D eigenvalue weighted by Crippen LogP contribution is 2.13. The summed E-state index contributed by atoms with van der Waals surface area (Å²) in [4.78, 5) is 0.0539. The van der Waals surface area contributed by atoms with Crippen LogP contribution < -0.4 is 5.32 Å². The quantitative estimate of drug-likeness (QED) is 0.838. The molecule has 0 saturated carbocycles. The normalized spacial score (nSPS) is 12.7. The summed E-state index contributed by atoms with van der Waals surface area (Å²) in [6.45, 7) is 6.69. The molecule has 18 heavy (non-hydrogen) atoms. The molecule has 5 heteroatoms. The summed E-state index contributed by atoms with van der Waals surface area (Å²) in [6.07, 6.45) is 0.510. The molecule has 0 radical (unpaired) electrons. The molecular weight excluding hydrogens is 253 g/mol. The number of sulfone groups is 1. The van der Waals surface area contributed by atoms with Gasteiger partial charge in [-0.15, -0.1) is 0 Å². The van der Waals surface area contributed by atoms with Crippen molar-refractivity contribution in [2.75, 3.05) is 12.3 Å². The van der Waals surface area contributed by atoms with Crippen LogP contribution in [0.15, 0.2) is 29.2 Å². The third kappa shape index (κ3) is 5.14. The van der Waals surface area contributed by atoms with E-state index in [0.29, 0.717) is 13.0 Å². The first-order chi connectivity index (χ1) is 8.21. The summed E-state index contributed by atoms with van der Waals surface area (Å²) in [5.74, 6) is -0.497. The zero-order chi connectivity index (χ0) is 13.8. The molecule has 0 aromatic heterocycles. The van der Waals surface area contributed by atoms with Crippen LogP contribution in [-0.4, -0.2) is 26.3 Å². The van der Waals surface area contributed by atoms with Crippen molar-refractivity contribution < 1.29 is 12.8 Å². The molecule has 0 spiro atoms. The van der Waals surface area contributed by atoms with E-state index >= 15 is 0 Å². The van der Waals surface area contributed by atoms with Crippen molar-refractivity contribution in [2.24, 2.45) is 0 Å². The molecule has 0 amide bonds. The molecule has 1 aromatic carbocycles. The average molecular weight is 273 g/mol. The molecule has 0 atom stereocenters. The number of rotatable bonds is 5. The maximum absolute atomic E-state index is 13.0. The van der Waals surface area contributed by atoms with Crippen molar-refractivity contribution in [2.45, 2.75) is 37.6 Å². The van der Waals surface area contributed by atoms with Crippen molar-refractivity contribution in [3.63, 3.8) is 0 Å². The van der Waals surface area contributed by atoms with Gasteiger partial charge in [0.25, 0.3) is 0 Å². The molecule has 0 fully saturated rings. The molecule has 0 aliphatic heterocycles. The lowest BCUT2D eigenvalue weighted by molar-refractivity contribution is 0.426. The van der Waals surface area contributed by atoms with E-state index in [1.807, 2.05) is 20.8 Å². The van der Waals surface area contributed by atoms with Gasteiger partial charge in [-0.25, -0.2) is 12.8 Å². The highest BCUT2D eigenvalue weighted by atomic mass is 32.2. The van der Waals surface area contributed by atoms with E-state index in [1.54, 1.807) is 0 Å². The third-order valence-electron chi connectivity index (χ3n) is 2.40. The molecule has 0 heterocycles. The van der Waals surface area contributed by atoms with Crippen LogP contribution in [0.3, 0.4) is 0 Å². The second-order valence-corrected chi connectivity index (χ2v) is 7.42. The first-order valence-corrected chi connectivity index (χ1v) is 7.59. The monoisotopic (exact) mass is 273 g/mol. The first kappa shape index (κ1) is 15.1. The fourth-order valence-electron chi connectivity index (χ4n) is 1.50. The van der Waals surface area contributed by atoms with E-state index in [9.17, 15) is 12.8 Å². The topological polar surface area (TPSA) is 46.2 Å². The van der Waals surface area contributed by atoms with Crippen LogP contribution in [0, 0.1) is 5.82 Å². The average Bonchev–Trinajstić information content (AvgIpc) is 2.23. The number of hydrogen-bond acceptors (Lipinski definition) is 3. The molecule has 0 saturated heterocycles. The minimum atomic E-state index is -3.38. The number of nitrogens with one attached hydrogen (secondary N) is 1. The predicted octanol–water partition coefficient (Wildman–Crippen LogP) is 2.38. The van der Waals surface area contributed by atoms with E-state index in [2.05, 4.69) is 5.32 Å². The number of halogens is 1. The van der Waals surface area contributed by atoms with Crippen molar-refractivity contribution in [3.05, 3.63) is 30.1 Å². The molecule has 3 nitrogen and oxygen atoms in total. The van der Waals surface area contributed by atoms with Gasteiger partial charge >= 0.3 is 0 Å². The van der Waals surface area contributed by atoms with Gasteiger partial charge in [-0.1, -0.05) is 6.07 Å². The Morgan fingerprint density at radius 2 is 1.94 bits per heavy atom. The summed E-state index contributed by atoms with van der Waals surface area (Å²) in [7, 11) is -3.38. The first-order valence-electron chi connectivity index (χ1n) is 5.94. The van der Waals surface area contributed by atoms with Crippen molar-refractivity contribution in [1.82, 2.24) is 5.32 Å². The highest BCUT2D eigenvalue weighted by Gasteiger charge is 2.15. The summed E-state index contributed by atoms with van der Waals surface area (Å²) in [6, 6.07) is 5.14. The maximum Gasteiger partial charge on any atom is 0.178 e. The van der Waals surface area contributed by atoms with Gasteiger partial charge in [0.15, 0.2) is 9.84 Å². The Morgan fingerprint density at radius 1 is 1.28 bits per heavy atom. The summed E-state index contributed by atoms with van der Waals surface area (Å²) >= 11 is 0. The Bertz CT molecular complexity index is 492. The molecule has 1 N–H and O–H groups in total. The molecule has 1 rings (SSSR count). The standard InChI is InChI=1S/C13H20FNO2S/c1-13(2,3)15-8-5-9-18(16,17)12-7-4-6-11(14)10-12/h4,6-7,10,15H,5,8-9H2,1-3H3. The minimum absolute atomic E-state index is 0.0252. The molecule has 1 aromatic rings. The number of benzene rings is 1. The van der Waals surface area contributed by atoms with Crippen LogP contribution in [0.5, 0.6) is 0 Å². The Labute approximate surface area is 108 Å². The Kier molecular flexibility index (Phi) is 4.87. The molecule has 0 unspecified atom stereocenters. The Balaban J connectivity index is 2.56. The van der Waals surface area contributed by atoms with Gasteiger partial charge in [-0.2, -0.15) is 0 Å². The fraction of sp³-hybridized carbons (Fsp3) is 0.538. The molecular formula is C13H20FNO2S. The van der Waals surface area contributed by atoms with Crippen LogP contribution in [0.1, 0.15) is 27.2 Å². The predicted molar refractivity (Wildman–Crippen MR) is 70.8 cm³/mol. The zero-order valence-electron chi connectivity index (χ0n) is 11.0.